The lowest BCUT2D eigenvalue weighted by atomic mass is 10.0. The maximum absolute atomic E-state index is 6.25. The zero-order valence-corrected chi connectivity index (χ0v) is 15.0. The van der Waals surface area contributed by atoms with Gasteiger partial charge in [-0.2, -0.15) is 0 Å². The van der Waals surface area contributed by atoms with Crippen LogP contribution in [0.1, 0.15) is 24.8 Å². The van der Waals surface area contributed by atoms with Crippen molar-refractivity contribution in [2.75, 3.05) is 34.0 Å². The number of nitrogens with zero attached hydrogens (tertiary/aromatic N) is 1. The van der Waals surface area contributed by atoms with E-state index < -0.39 is 0 Å². The van der Waals surface area contributed by atoms with Crippen molar-refractivity contribution in [2.45, 2.75) is 32.0 Å². The molecule has 1 aromatic rings. The van der Waals surface area contributed by atoms with E-state index in [9.17, 15) is 0 Å². The van der Waals surface area contributed by atoms with Crippen molar-refractivity contribution < 1.29 is 9.47 Å². The van der Waals surface area contributed by atoms with Crippen LogP contribution in [0.2, 0.25) is 0 Å². The van der Waals surface area contributed by atoms with Gasteiger partial charge >= 0.3 is 0 Å². The van der Waals surface area contributed by atoms with Crippen LogP contribution in [0, 0.1) is 0 Å². The van der Waals surface area contributed by atoms with Gasteiger partial charge in [0.05, 0.1) is 19.3 Å². The third-order valence-electron chi connectivity index (χ3n) is 3.26. The molecule has 3 atom stereocenters. The Morgan fingerprint density at radius 2 is 2.05 bits per heavy atom. The highest BCUT2D eigenvalue weighted by atomic mass is 79.9. The largest absolute Gasteiger partial charge is 0.383 e. The fraction of sp³-hybridized carbons (Fsp3) is 0.714. The van der Waals surface area contributed by atoms with Gasteiger partial charge in [0.15, 0.2) is 0 Å². The highest BCUT2D eigenvalue weighted by molar-refractivity contribution is 9.10. The van der Waals surface area contributed by atoms with Crippen LogP contribution in [0.25, 0.3) is 0 Å². The first-order valence-electron chi connectivity index (χ1n) is 6.74. The minimum atomic E-state index is 0.0386. The van der Waals surface area contributed by atoms with Crippen molar-refractivity contribution in [3.8, 4) is 0 Å². The highest BCUT2D eigenvalue weighted by Crippen LogP contribution is 2.32. The Morgan fingerprint density at radius 3 is 2.50 bits per heavy atom. The van der Waals surface area contributed by atoms with E-state index in [0.29, 0.717) is 13.2 Å². The molecule has 1 rings (SSSR count). The molecule has 0 radical (unpaired) electrons. The zero-order chi connectivity index (χ0) is 15.1. The standard InChI is InChI=1S/C14H25BrN2O2S/c1-10(8-19-4)17(5-6-18-3)14(11(2)16)13-7-12(15)9-20-13/h7,9-11,14H,5-6,8,16H2,1-4H3. The third-order valence-corrected chi connectivity index (χ3v) is 5.03. The summed E-state index contributed by atoms with van der Waals surface area (Å²) in [5, 5.41) is 2.10. The van der Waals surface area contributed by atoms with Crippen LogP contribution < -0.4 is 5.73 Å². The number of hydrogen-bond donors (Lipinski definition) is 1. The number of hydrogen-bond acceptors (Lipinski definition) is 5. The number of nitrogens with two attached hydrogens (primary N) is 1. The summed E-state index contributed by atoms with van der Waals surface area (Å²) < 4.78 is 11.7. The quantitative estimate of drug-likeness (QED) is 0.731. The van der Waals surface area contributed by atoms with Crippen LogP contribution in [-0.4, -0.2) is 51.0 Å². The van der Waals surface area contributed by atoms with Gasteiger partial charge in [-0.05, 0) is 35.8 Å². The molecule has 0 bridgehead atoms. The highest BCUT2D eigenvalue weighted by Gasteiger charge is 2.28. The van der Waals surface area contributed by atoms with Crippen LogP contribution in [0.3, 0.4) is 0 Å². The minimum Gasteiger partial charge on any atom is -0.383 e. The molecule has 0 aliphatic carbocycles. The Hall–Kier alpha value is 0.0200. The average Bonchev–Trinajstić information content (AvgIpc) is 2.80. The number of methoxy groups -OCH3 is 2. The molecule has 2 N–H and O–H groups in total. The molecule has 0 spiro atoms. The predicted octanol–water partition coefficient (Wildman–Crippen LogP) is 2.88. The molecular weight excluding hydrogens is 340 g/mol. The van der Waals surface area contributed by atoms with Crippen molar-refractivity contribution in [2.24, 2.45) is 5.73 Å². The molecule has 116 valence electrons. The Balaban J connectivity index is 2.97. The molecule has 1 aromatic heterocycles. The molecule has 0 amide bonds. The second-order valence-electron chi connectivity index (χ2n) is 5.01. The van der Waals surface area contributed by atoms with Crippen molar-refractivity contribution in [1.29, 1.82) is 0 Å². The Morgan fingerprint density at radius 1 is 1.35 bits per heavy atom. The van der Waals surface area contributed by atoms with E-state index in [4.69, 9.17) is 15.2 Å². The van der Waals surface area contributed by atoms with E-state index in [2.05, 4.69) is 46.1 Å². The lowest BCUT2D eigenvalue weighted by molar-refractivity contribution is 0.0411. The number of ether oxygens (including phenoxy) is 2. The first-order valence-corrected chi connectivity index (χ1v) is 8.41. The molecule has 20 heavy (non-hydrogen) atoms. The van der Waals surface area contributed by atoms with Gasteiger partial charge in [0.25, 0.3) is 0 Å². The van der Waals surface area contributed by atoms with Gasteiger partial charge < -0.3 is 15.2 Å². The maximum Gasteiger partial charge on any atom is 0.0615 e. The van der Waals surface area contributed by atoms with Crippen LogP contribution in [0.5, 0.6) is 0 Å². The van der Waals surface area contributed by atoms with Crippen LogP contribution in [-0.2, 0) is 9.47 Å². The molecule has 3 unspecified atom stereocenters. The molecule has 0 fully saturated rings. The van der Waals surface area contributed by atoms with Crippen LogP contribution in [0.4, 0.5) is 0 Å². The molecule has 1 heterocycles. The first-order chi connectivity index (χ1) is 9.51. The van der Waals surface area contributed by atoms with Crippen molar-refractivity contribution in [3.63, 3.8) is 0 Å². The topological polar surface area (TPSA) is 47.7 Å². The monoisotopic (exact) mass is 364 g/mol. The van der Waals surface area contributed by atoms with E-state index in [1.165, 1.54) is 4.88 Å². The summed E-state index contributed by atoms with van der Waals surface area (Å²) in [4.78, 5) is 3.64. The molecular formula is C14H25BrN2O2S. The van der Waals surface area contributed by atoms with Gasteiger partial charge in [-0.1, -0.05) is 0 Å². The van der Waals surface area contributed by atoms with Gasteiger partial charge in [0, 0.05) is 47.6 Å². The molecule has 0 aromatic carbocycles. The fourth-order valence-electron chi connectivity index (χ4n) is 2.38. The van der Waals surface area contributed by atoms with Crippen LogP contribution in [0.15, 0.2) is 15.9 Å². The van der Waals surface area contributed by atoms with E-state index in [1.807, 2.05) is 0 Å². The smallest absolute Gasteiger partial charge is 0.0615 e. The van der Waals surface area contributed by atoms with Crippen molar-refractivity contribution in [3.05, 3.63) is 20.8 Å². The molecule has 4 nitrogen and oxygen atoms in total. The van der Waals surface area contributed by atoms with E-state index in [0.717, 1.165) is 11.0 Å². The number of halogens is 1. The van der Waals surface area contributed by atoms with Gasteiger partial charge in [-0.25, -0.2) is 0 Å². The summed E-state index contributed by atoms with van der Waals surface area (Å²) in [7, 11) is 3.45. The molecule has 0 saturated heterocycles. The third kappa shape index (κ3) is 5.09. The van der Waals surface area contributed by atoms with Gasteiger partial charge in [0.1, 0.15) is 0 Å². The summed E-state index contributed by atoms with van der Waals surface area (Å²) in [6.07, 6.45) is 0. The van der Waals surface area contributed by atoms with Crippen molar-refractivity contribution >= 4 is 27.3 Å². The van der Waals surface area contributed by atoms with E-state index in [-0.39, 0.29) is 18.1 Å². The Labute approximate surface area is 134 Å². The molecule has 0 aliphatic heterocycles. The van der Waals surface area contributed by atoms with E-state index in [1.54, 1.807) is 25.6 Å². The summed E-state index contributed by atoms with van der Waals surface area (Å²) in [5.74, 6) is 0. The number of rotatable bonds is 9. The lowest BCUT2D eigenvalue weighted by Crippen LogP contribution is -2.46. The van der Waals surface area contributed by atoms with Gasteiger partial charge in [0.2, 0.25) is 0 Å². The van der Waals surface area contributed by atoms with Crippen molar-refractivity contribution in [1.82, 2.24) is 4.90 Å². The van der Waals surface area contributed by atoms with E-state index >= 15 is 0 Å². The molecule has 0 aliphatic rings. The normalized spacial score (nSPS) is 16.4. The Bertz CT molecular complexity index is 387. The minimum absolute atomic E-state index is 0.0386. The first kappa shape index (κ1) is 18.1. The summed E-state index contributed by atoms with van der Waals surface area (Å²) in [5.41, 5.74) is 6.25. The fourth-order valence-corrected chi connectivity index (χ4v) is 4.05. The SMILES string of the molecule is COCCN(C(C)COC)C(c1cc(Br)cs1)C(C)N. The van der Waals surface area contributed by atoms with Gasteiger partial charge in [-0.3, -0.25) is 4.90 Å². The second kappa shape index (κ2) is 9.12. The summed E-state index contributed by atoms with van der Waals surface area (Å²) in [6, 6.07) is 2.65. The predicted molar refractivity (Wildman–Crippen MR) is 88.3 cm³/mol. The molecule has 0 saturated carbocycles. The summed E-state index contributed by atoms with van der Waals surface area (Å²) >= 11 is 5.25. The average molecular weight is 365 g/mol. The summed E-state index contributed by atoms with van der Waals surface area (Å²) in [6.45, 7) is 6.42. The Kier molecular flexibility index (Phi) is 8.24. The molecule has 6 heteroatoms. The van der Waals surface area contributed by atoms with Gasteiger partial charge in [-0.15, -0.1) is 11.3 Å². The second-order valence-corrected chi connectivity index (χ2v) is 6.86. The lowest BCUT2D eigenvalue weighted by Gasteiger charge is -2.37. The maximum atomic E-state index is 6.25. The van der Waals surface area contributed by atoms with Crippen LogP contribution >= 0.6 is 27.3 Å². The number of thiophene rings is 1. The zero-order valence-electron chi connectivity index (χ0n) is 12.6.